The minimum absolute atomic E-state index is 0.0585. The summed E-state index contributed by atoms with van der Waals surface area (Å²) in [6.07, 6.45) is 8.44. The van der Waals surface area contributed by atoms with Crippen LogP contribution in [0.2, 0.25) is 0 Å². The van der Waals surface area contributed by atoms with E-state index in [0.717, 1.165) is 19.6 Å². The predicted octanol–water partition coefficient (Wildman–Crippen LogP) is 1.79. The minimum atomic E-state index is 0.0585. The fraction of sp³-hybridized carbons (Fsp3) is 0.750. The molecule has 0 radical (unpaired) electrons. The average molecular weight is 290 g/mol. The predicted molar refractivity (Wildman–Crippen MR) is 84.8 cm³/mol. The Kier molecular flexibility index (Phi) is 4.29. The van der Waals surface area contributed by atoms with Gasteiger partial charge in [0.15, 0.2) is 5.82 Å². The van der Waals surface area contributed by atoms with E-state index in [2.05, 4.69) is 15.2 Å². The summed E-state index contributed by atoms with van der Waals surface area (Å²) >= 11 is 0. The molecule has 2 heterocycles. The molecule has 0 amide bonds. The van der Waals surface area contributed by atoms with E-state index in [4.69, 9.17) is 0 Å². The minimum Gasteiger partial charge on any atom is -0.349 e. The lowest BCUT2D eigenvalue weighted by atomic mass is 9.99. The van der Waals surface area contributed by atoms with Crippen molar-refractivity contribution in [1.29, 1.82) is 0 Å². The van der Waals surface area contributed by atoms with Crippen LogP contribution in [0.25, 0.3) is 0 Å². The molecule has 1 atom stereocenters. The zero-order valence-corrected chi connectivity index (χ0v) is 13.1. The molecule has 5 nitrogen and oxygen atoms in total. The quantitative estimate of drug-likeness (QED) is 0.898. The molecule has 0 aromatic carbocycles. The first kappa shape index (κ1) is 14.6. The Morgan fingerprint density at radius 1 is 1.43 bits per heavy atom. The number of hydrogen-bond donors (Lipinski definition) is 1. The van der Waals surface area contributed by atoms with Crippen LogP contribution in [0.3, 0.4) is 0 Å². The Balaban J connectivity index is 1.84. The van der Waals surface area contributed by atoms with Crippen molar-refractivity contribution in [2.75, 3.05) is 24.5 Å². The third kappa shape index (κ3) is 3.28. The van der Waals surface area contributed by atoms with Crippen LogP contribution in [0.15, 0.2) is 17.2 Å². The number of nitrogens with one attached hydrogen (secondary N) is 1. The number of rotatable bonds is 5. The summed E-state index contributed by atoms with van der Waals surface area (Å²) in [7, 11) is 0. The van der Waals surface area contributed by atoms with E-state index in [1.165, 1.54) is 25.7 Å². The molecule has 0 spiro atoms. The molecule has 1 aliphatic carbocycles. The summed E-state index contributed by atoms with van der Waals surface area (Å²) in [6, 6.07) is 0.701. The largest absolute Gasteiger partial charge is 0.349 e. The molecule has 0 bridgehead atoms. The lowest BCUT2D eigenvalue weighted by Gasteiger charge is -2.31. The van der Waals surface area contributed by atoms with E-state index in [9.17, 15) is 4.79 Å². The molecule has 1 aromatic rings. The van der Waals surface area contributed by atoms with Crippen molar-refractivity contribution in [3.8, 4) is 0 Å². The second kappa shape index (κ2) is 6.18. The maximum atomic E-state index is 12.7. The molecule has 1 aromatic heterocycles. The van der Waals surface area contributed by atoms with Gasteiger partial charge < -0.3 is 14.8 Å². The number of hydrogen-bond acceptors (Lipinski definition) is 4. The molecule has 3 rings (SSSR count). The van der Waals surface area contributed by atoms with Gasteiger partial charge in [-0.05, 0) is 58.5 Å². The van der Waals surface area contributed by atoms with Crippen molar-refractivity contribution >= 4 is 5.82 Å². The molecule has 116 valence electrons. The van der Waals surface area contributed by atoms with Gasteiger partial charge in [0.05, 0.1) is 0 Å². The molecule has 1 saturated carbocycles. The Labute approximate surface area is 126 Å². The molecular weight excluding hydrogens is 264 g/mol. The molecule has 1 saturated heterocycles. The summed E-state index contributed by atoms with van der Waals surface area (Å²) < 4.78 is 1.79. The van der Waals surface area contributed by atoms with Crippen LogP contribution in [0.5, 0.6) is 0 Å². The number of piperidine rings is 1. The van der Waals surface area contributed by atoms with Gasteiger partial charge in [-0.1, -0.05) is 0 Å². The van der Waals surface area contributed by atoms with Gasteiger partial charge in [0.25, 0.3) is 5.56 Å². The van der Waals surface area contributed by atoms with Crippen LogP contribution < -0.4 is 15.8 Å². The number of nitrogens with zero attached hydrogens (tertiary/aromatic N) is 3. The highest BCUT2D eigenvalue weighted by molar-refractivity contribution is 5.39. The number of anilines is 1. The van der Waals surface area contributed by atoms with Gasteiger partial charge in [0.1, 0.15) is 0 Å². The third-order valence-electron chi connectivity index (χ3n) is 4.52. The van der Waals surface area contributed by atoms with Gasteiger partial charge >= 0.3 is 0 Å². The first-order valence-electron chi connectivity index (χ1n) is 8.21. The summed E-state index contributed by atoms with van der Waals surface area (Å²) in [6.45, 7) is 7.23. The lowest BCUT2D eigenvalue weighted by Crippen LogP contribution is -2.42. The summed E-state index contributed by atoms with van der Waals surface area (Å²) in [4.78, 5) is 19.4. The summed E-state index contributed by atoms with van der Waals surface area (Å²) in [5.74, 6) is 1.28. The summed E-state index contributed by atoms with van der Waals surface area (Å²) in [5.41, 5.74) is 0.0585. The highest BCUT2D eigenvalue weighted by Gasteiger charge is 2.33. The first-order chi connectivity index (χ1) is 10.2. The van der Waals surface area contributed by atoms with E-state index >= 15 is 0 Å². The van der Waals surface area contributed by atoms with Crippen molar-refractivity contribution in [3.63, 3.8) is 0 Å². The molecule has 1 unspecified atom stereocenters. The molecule has 21 heavy (non-hydrogen) atoms. The van der Waals surface area contributed by atoms with Gasteiger partial charge in [-0.15, -0.1) is 0 Å². The summed E-state index contributed by atoms with van der Waals surface area (Å²) in [5, 5.41) is 3.46. The van der Waals surface area contributed by atoms with Crippen molar-refractivity contribution in [3.05, 3.63) is 22.7 Å². The smallest absolute Gasteiger partial charge is 0.293 e. The zero-order valence-electron chi connectivity index (χ0n) is 13.1. The molecule has 2 fully saturated rings. The van der Waals surface area contributed by atoms with Crippen molar-refractivity contribution < 1.29 is 0 Å². The second-order valence-corrected chi connectivity index (χ2v) is 6.65. The maximum absolute atomic E-state index is 12.7. The van der Waals surface area contributed by atoms with Crippen LogP contribution in [-0.2, 0) is 0 Å². The Hall–Kier alpha value is -1.36. The molecular formula is C16H26N4O. The van der Waals surface area contributed by atoms with E-state index in [-0.39, 0.29) is 11.6 Å². The normalized spacial score (nSPS) is 22.5. The van der Waals surface area contributed by atoms with Gasteiger partial charge in [-0.25, -0.2) is 4.98 Å². The first-order valence-corrected chi connectivity index (χ1v) is 8.21. The van der Waals surface area contributed by atoms with E-state index in [0.29, 0.717) is 17.8 Å². The van der Waals surface area contributed by atoms with Gasteiger partial charge in [0.2, 0.25) is 0 Å². The molecule has 5 heteroatoms. The van der Waals surface area contributed by atoms with E-state index in [1.54, 1.807) is 17.0 Å². The van der Waals surface area contributed by atoms with Crippen molar-refractivity contribution in [2.24, 2.45) is 5.92 Å². The van der Waals surface area contributed by atoms with Crippen LogP contribution in [0.1, 0.15) is 45.6 Å². The standard InChI is InChI=1S/C16H26N4O/c1-12(2)19-9-8-18-15(16(19)21)20(14-5-6-14)11-13-4-3-7-17-10-13/h8-9,12-14,17H,3-7,10-11H2,1-2H3. The zero-order chi connectivity index (χ0) is 14.8. The Morgan fingerprint density at radius 3 is 2.86 bits per heavy atom. The van der Waals surface area contributed by atoms with Crippen LogP contribution >= 0.6 is 0 Å². The maximum Gasteiger partial charge on any atom is 0.293 e. The highest BCUT2D eigenvalue weighted by atomic mass is 16.1. The van der Waals surface area contributed by atoms with Gasteiger partial charge in [0, 0.05) is 31.0 Å². The fourth-order valence-corrected chi connectivity index (χ4v) is 3.17. The Morgan fingerprint density at radius 2 is 2.24 bits per heavy atom. The SMILES string of the molecule is CC(C)n1ccnc(N(CC2CCCNC2)C2CC2)c1=O. The fourth-order valence-electron chi connectivity index (χ4n) is 3.17. The van der Waals surface area contributed by atoms with Gasteiger partial charge in [-0.3, -0.25) is 4.79 Å². The average Bonchev–Trinajstić information content (AvgIpc) is 3.31. The van der Waals surface area contributed by atoms with Gasteiger partial charge in [-0.2, -0.15) is 0 Å². The molecule has 1 N–H and O–H groups in total. The molecule has 1 aliphatic heterocycles. The molecule has 2 aliphatic rings. The lowest BCUT2D eigenvalue weighted by molar-refractivity contribution is 0.374. The second-order valence-electron chi connectivity index (χ2n) is 6.65. The number of aromatic nitrogens is 2. The third-order valence-corrected chi connectivity index (χ3v) is 4.52. The van der Waals surface area contributed by atoms with Crippen LogP contribution in [-0.4, -0.2) is 35.2 Å². The van der Waals surface area contributed by atoms with E-state index in [1.807, 2.05) is 13.8 Å². The topological polar surface area (TPSA) is 50.2 Å². The van der Waals surface area contributed by atoms with Crippen molar-refractivity contribution in [1.82, 2.24) is 14.9 Å². The monoisotopic (exact) mass is 290 g/mol. The van der Waals surface area contributed by atoms with Crippen LogP contribution in [0.4, 0.5) is 5.82 Å². The Bertz CT molecular complexity index is 529. The van der Waals surface area contributed by atoms with Crippen molar-refractivity contribution in [2.45, 2.75) is 51.6 Å². The van der Waals surface area contributed by atoms with E-state index < -0.39 is 0 Å². The van der Waals surface area contributed by atoms with Crippen LogP contribution in [0, 0.1) is 5.92 Å². The highest BCUT2D eigenvalue weighted by Crippen LogP contribution is 2.30.